The molecule has 1 aromatic rings. The second-order valence-corrected chi connectivity index (χ2v) is 3.60. The van der Waals surface area contributed by atoms with Gasteiger partial charge in [-0.1, -0.05) is 30.3 Å². The van der Waals surface area contributed by atoms with Crippen LogP contribution in [0.4, 0.5) is 10.5 Å². The zero-order chi connectivity index (χ0) is 13.2. The smallest absolute Gasteiger partial charge is 0.393 e. The topological polar surface area (TPSA) is 59.9 Å². The van der Waals surface area contributed by atoms with Gasteiger partial charge in [0, 0.05) is 5.69 Å². The molecular weight excluding hydrogens is 256 g/mol. The number of amides is 1. The van der Waals surface area contributed by atoms with E-state index in [1.807, 2.05) is 13.0 Å². The summed E-state index contributed by atoms with van der Waals surface area (Å²) in [5, 5.41) is 6.16. The summed E-state index contributed by atoms with van der Waals surface area (Å²) in [7, 11) is 0. The molecule has 6 heteroatoms. The van der Waals surface area contributed by atoms with E-state index < -0.39 is 6.09 Å². The Hall–Kier alpha value is -1.75. The van der Waals surface area contributed by atoms with E-state index in [9.17, 15) is 4.79 Å². The second-order valence-electron chi connectivity index (χ2n) is 3.33. The maximum atomic E-state index is 11.5. The summed E-state index contributed by atoms with van der Waals surface area (Å²) in [4.78, 5) is 16.4. The molecule has 0 saturated heterocycles. The first kappa shape index (κ1) is 14.3. The molecule has 1 amide bonds. The van der Waals surface area contributed by atoms with Gasteiger partial charge in [0.05, 0.1) is 0 Å². The maximum absolute atomic E-state index is 11.5. The van der Waals surface area contributed by atoms with Gasteiger partial charge in [0.25, 0.3) is 5.90 Å². The van der Waals surface area contributed by atoms with E-state index in [1.165, 1.54) is 0 Å². The molecule has 0 aliphatic heterocycles. The average Bonchev–Trinajstić information content (AvgIpc) is 2.39. The molecule has 98 valence electrons. The third-order valence-electron chi connectivity index (χ3n) is 1.81. The summed E-state index contributed by atoms with van der Waals surface area (Å²) in [5.74, 6) is -0.00936. The standard InChI is InChI=1S/C12H15ClN2O3/c1-2-8-17-15-11(9-13)18-12(16)14-10-6-4-3-5-7-10/h3-7H,2,8-9H2,1H3,(H,14,16)/b15-11+. The monoisotopic (exact) mass is 270 g/mol. The van der Waals surface area contributed by atoms with E-state index in [0.29, 0.717) is 12.3 Å². The van der Waals surface area contributed by atoms with Crippen LogP contribution in [0.5, 0.6) is 0 Å². The van der Waals surface area contributed by atoms with Gasteiger partial charge in [-0.05, 0) is 18.6 Å². The largest absolute Gasteiger partial charge is 0.418 e. The fourth-order valence-electron chi connectivity index (χ4n) is 1.05. The molecule has 0 bridgehead atoms. The highest BCUT2D eigenvalue weighted by Crippen LogP contribution is 2.05. The predicted octanol–water partition coefficient (Wildman–Crippen LogP) is 3.21. The summed E-state index contributed by atoms with van der Waals surface area (Å²) in [6.45, 7) is 2.39. The Morgan fingerprint density at radius 3 is 2.72 bits per heavy atom. The van der Waals surface area contributed by atoms with Gasteiger partial charge >= 0.3 is 6.09 Å². The highest BCUT2D eigenvalue weighted by Gasteiger charge is 2.08. The van der Waals surface area contributed by atoms with E-state index in [0.717, 1.165) is 6.42 Å². The molecule has 0 radical (unpaired) electrons. The van der Waals surface area contributed by atoms with Crippen molar-refractivity contribution < 1.29 is 14.4 Å². The third-order valence-corrected chi connectivity index (χ3v) is 2.04. The molecule has 0 aromatic heterocycles. The molecule has 0 saturated carbocycles. The number of rotatable bonds is 5. The zero-order valence-corrected chi connectivity index (χ0v) is 10.8. The fourth-order valence-corrected chi connectivity index (χ4v) is 1.15. The molecule has 0 fully saturated rings. The summed E-state index contributed by atoms with van der Waals surface area (Å²) in [6, 6.07) is 8.94. The SMILES string of the molecule is CCCO/N=C(\CCl)OC(=O)Nc1ccccc1. The van der Waals surface area contributed by atoms with E-state index in [1.54, 1.807) is 24.3 Å². The number of anilines is 1. The third kappa shape index (κ3) is 5.54. The summed E-state index contributed by atoms with van der Waals surface area (Å²) in [6.07, 6.45) is 0.163. The number of oxime groups is 1. The normalized spacial score (nSPS) is 10.9. The molecule has 0 unspecified atom stereocenters. The Kier molecular flexibility index (Phi) is 6.64. The number of alkyl halides is 1. The van der Waals surface area contributed by atoms with Gasteiger partial charge in [-0.25, -0.2) is 4.79 Å². The van der Waals surface area contributed by atoms with E-state index in [-0.39, 0.29) is 11.8 Å². The van der Waals surface area contributed by atoms with Gasteiger partial charge in [0.15, 0.2) is 0 Å². The zero-order valence-electron chi connectivity index (χ0n) is 10.1. The van der Waals surface area contributed by atoms with Crippen LogP contribution in [0.25, 0.3) is 0 Å². The van der Waals surface area contributed by atoms with Crippen LogP contribution >= 0.6 is 11.6 Å². The summed E-state index contributed by atoms with van der Waals surface area (Å²) in [5.41, 5.74) is 0.630. The molecule has 0 atom stereocenters. The van der Waals surface area contributed by atoms with Crippen LogP contribution in [0.2, 0.25) is 0 Å². The van der Waals surface area contributed by atoms with Gasteiger partial charge in [-0.2, -0.15) is 0 Å². The van der Waals surface area contributed by atoms with Crippen LogP contribution in [0, 0.1) is 0 Å². The number of nitrogens with zero attached hydrogens (tertiary/aromatic N) is 1. The predicted molar refractivity (Wildman–Crippen MR) is 70.9 cm³/mol. The fraction of sp³-hybridized carbons (Fsp3) is 0.333. The first-order chi connectivity index (χ1) is 8.76. The first-order valence-electron chi connectivity index (χ1n) is 5.55. The molecule has 1 N–H and O–H groups in total. The molecule has 1 aromatic carbocycles. The van der Waals surface area contributed by atoms with Crippen molar-refractivity contribution in [2.24, 2.45) is 5.16 Å². The lowest BCUT2D eigenvalue weighted by Gasteiger charge is -2.06. The Labute approximate surface area is 111 Å². The second kappa shape index (κ2) is 8.36. The number of para-hydroxylation sites is 1. The Morgan fingerprint density at radius 1 is 1.39 bits per heavy atom. The lowest BCUT2D eigenvalue weighted by molar-refractivity contribution is 0.135. The molecule has 0 aliphatic carbocycles. The van der Waals surface area contributed by atoms with Crippen molar-refractivity contribution in [3.05, 3.63) is 30.3 Å². The molecule has 1 rings (SSSR count). The van der Waals surface area contributed by atoms with Crippen LogP contribution in [0.15, 0.2) is 35.5 Å². The quantitative estimate of drug-likeness (QED) is 0.294. The average molecular weight is 271 g/mol. The minimum absolute atomic E-state index is 0.0264. The maximum Gasteiger partial charge on any atom is 0.418 e. The van der Waals surface area contributed by atoms with Gasteiger partial charge in [0.1, 0.15) is 12.5 Å². The van der Waals surface area contributed by atoms with Crippen molar-refractivity contribution in [3.63, 3.8) is 0 Å². The van der Waals surface area contributed by atoms with Crippen molar-refractivity contribution in [2.45, 2.75) is 13.3 Å². The van der Waals surface area contributed by atoms with Gasteiger partial charge in [0.2, 0.25) is 0 Å². The van der Waals surface area contributed by atoms with Crippen LogP contribution in [0.3, 0.4) is 0 Å². The van der Waals surface area contributed by atoms with E-state index >= 15 is 0 Å². The summed E-state index contributed by atoms with van der Waals surface area (Å²) >= 11 is 5.58. The van der Waals surface area contributed by atoms with Crippen molar-refractivity contribution in [2.75, 3.05) is 17.8 Å². The number of carbonyl (C=O) groups excluding carboxylic acids is 1. The van der Waals surface area contributed by atoms with Crippen LogP contribution in [0.1, 0.15) is 13.3 Å². The lowest BCUT2D eigenvalue weighted by atomic mass is 10.3. The minimum atomic E-state index is -0.652. The van der Waals surface area contributed by atoms with Gasteiger partial charge < -0.3 is 9.57 Å². The van der Waals surface area contributed by atoms with E-state index in [2.05, 4.69) is 10.5 Å². The van der Waals surface area contributed by atoms with Crippen LogP contribution < -0.4 is 5.32 Å². The Bertz CT molecular complexity index is 396. The van der Waals surface area contributed by atoms with Crippen LogP contribution in [-0.4, -0.2) is 24.5 Å². The highest BCUT2D eigenvalue weighted by atomic mass is 35.5. The van der Waals surface area contributed by atoms with Crippen molar-refractivity contribution in [1.29, 1.82) is 0 Å². The minimum Gasteiger partial charge on any atom is -0.393 e. The van der Waals surface area contributed by atoms with Crippen molar-refractivity contribution in [3.8, 4) is 0 Å². The van der Waals surface area contributed by atoms with Crippen LogP contribution in [-0.2, 0) is 9.57 Å². The number of ether oxygens (including phenoxy) is 1. The summed E-state index contributed by atoms with van der Waals surface area (Å²) < 4.78 is 4.89. The van der Waals surface area contributed by atoms with Gasteiger partial charge in [-0.15, -0.1) is 11.6 Å². The number of nitrogens with one attached hydrogen (secondary N) is 1. The Balaban J connectivity index is 2.45. The molecule has 0 aliphatic rings. The molecule has 0 heterocycles. The van der Waals surface area contributed by atoms with Crippen molar-refractivity contribution in [1.82, 2.24) is 0 Å². The molecule has 5 nitrogen and oxygen atoms in total. The molecular formula is C12H15ClN2O3. The first-order valence-corrected chi connectivity index (χ1v) is 6.08. The van der Waals surface area contributed by atoms with Gasteiger partial charge in [-0.3, -0.25) is 5.32 Å². The number of hydrogen-bond donors (Lipinski definition) is 1. The number of halogens is 1. The lowest BCUT2D eigenvalue weighted by Crippen LogP contribution is -2.19. The van der Waals surface area contributed by atoms with E-state index in [4.69, 9.17) is 21.2 Å². The highest BCUT2D eigenvalue weighted by molar-refractivity contribution is 6.28. The van der Waals surface area contributed by atoms with Crippen molar-refractivity contribution >= 4 is 29.3 Å². The Morgan fingerprint density at radius 2 is 2.11 bits per heavy atom. The number of carbonyl (C=O) groups is 1. The molecule has 0 spiro atoms. The number of hydrogen-bond acceptors (Lipinski definition) is 4. The number of benzene rings is 1. The molecule has 18 heavy (non-hydrogen) atoms.